The van der Waals surface area contributed by atoms with Crippen LogP contribution >= 0.6 is 11.8 Å². The topological polar surface area (TPSA) is 0 Å². The Hall–Kier alpha value is 0.0900. The Bertz CT molecular complexity index is 57.2. The van der Waals surface area contributed by atoms with Crippen LogP contribution in [0.4, 0.5) is 0 Å². The minimum absolute atomic E-state index is 1.07. The van der Waals surface area contributed by atoms with E-state index in [1.54, 1.807) is 11.8 Å². The Morgan fingerprint density at radius 1 is 1.86 bits per heavy atom. The van der Waals surface area contributed by atoms with Gasteiger partial charge in [0.05, 0.1) is 0 Å². The highest BCUT2D eigenvalue weighted by Crippen LogP contribution is 2.06. The van der Waals surface area contributed by atoms with Crippen LogP contribution in [-0.4, -0.2) is 5.75 Å². The van der Waals surface area contributed by atoms with Crippen molar-refractivity contribution >= 4 is 11.8 Å². The smallest absolute Gasteiger partial charge is 0.0140 e. The molecule has 0 atom stereocenters. The first-order valence-corrected chi connectivity index (χ1v) is 3.36. The molecule has 0 rings (SSSR count). The van der Waals surface area contributed by atoms with Crippen molar-refractivity contribution in [1.82, 2.24) is 0 Å². The first-order valence-electron chi connectivity index (χ1n) is 2.31. The second-order valence-corrected chi connectivity index (χ2v) is 2.60. The van der Waals surface area contributed by atoms with Crippen LogP contribution in [0, 0.1) is 5.75 Å². The van der Waals surface area contributed by atoms with Crippen molar-refractivity contribution in [1.29, 1.82) is 0 Å². The molecule has 41 valence electrons. The monoisotopic (exact) mass is 115 g/mol. The molecule has 0 aliphatic carbocycles. The van der Waals surface area contributed by atoms with E-state index in [4.69, 9.17) is 0 Å². The zero-order valence-electron chi connectivity index (χ0n) is 4.90. The van der Waals surface area contributed by atoms with Gasteiger partial charge in [-0.15, -0.1) is 0 Å². The molecule has 0 saturated heterocycles. The van der Waals surface area contributed by atoms with Gasteiger partial charge in [0.25, 0.3) is 0 Å². The molecule has 0 fully saturated rings. The molecule has 7 heavy (non-hydrogen) atoms. The summed E-state index contributed by atoms with van der Waals surface area (Å²) in [6.45, 7) is 7.83. The minimum atomic E-state index is 1.07. The maximum atomic E-state index is 3.75. The molecule has 0 bridgehead atoms. The van der Waals surface area contributed by atoms with Crippen molar-refractivity contribution in [3.63, 3.8) is 0 Å². The molecule has 0 N–H and O–H groups in total. The standard InChI is InChI=1S/C6H11S/c1-4-7-5-6(2)3/h4H,2,5H2,1,3H3. The van der Waals surface area contributed by atoms with Crippen LogP contribution in [0.15, 0.2) is 12.2 Å². The quantitative estimate of drug-likeness (QED) is 0.509. The summed E-state index contributed by atoms with van der Waals surface area (Å²) in [6.07, 6.45) is 0. The summed E-state index contributed by atoms with van der Waals surface area (Å²) in [7, 11) is 0. The van der Waals surface area contributed by atoms with Gasteiger partial charge in [0.15, 0.2) is 0 Å². The van der Waals surface area contributed by atoms with Gasteiger partial charge in [0, 0.05) is 11.5 Å². The molecule has 0 aliphatic rings. The first kappa shape index (κ1) is 7.09. The van der Waals surface area contributed by atoms with E-state index in [0.717, 1.165) is 5.75 Å². The van der Waals surface area contributed by atoms with Crippen LogP contribution in [-0.2, 0) is 0 Å². The molecule has 0 aromatic carbocycles. The lowest BCUT2D eigenvalue weighted by Crippen LogP contribution is -1.74. The first-order chi connectivity index (χ1) is 3.27. The van der Waals surface area contributed by atoms with Crippen LogP contribution in [0.3, 0.4) is 0 Å². The van der Waals surface area contributed by atoms with E-state index in [1.165, 1.54) is 5.57 Å². The summed E-state index contributed by atoms with van der Waals surface area (Å²) in [4.78, 5) is 0. The van der Waals surface area contributed by atoms with Gasteiger partial charge in [0.2, 0.25) is 0 Å². The fraction of sp³-hybridized carbons (Fsp3) is 0.500. The molecule has 0 unspecified atom stereocenters. The van der Waals surface area contributed by atoms with Gasteiger partial charge in [-0.3, -0.25) is 0 Å². The van der Waals surface area contributed by atoms with Crippen LogP contribution in [0.2, 0.25) is 0 Å². The van der Waals surface area contributed by atoms with E-state index in [1.807, 2.05) is 13.8 Å². The van der Waals surface area contributed by atoms with Crippen LogP contribution in [0.25, 0.3) is 0 Å². The lowest BCUT2D eigenvalue weighted by molar-refractivity contribution is 1.44. The summed E-state index contributed by atoms with van der Waals surface area (Å²) >= 11 is 1.79. The van der Waals surface area contributed by atoms with E-state index in [9.17, 15) is 0 Å². The van der Waals surface area contributed by atoms with E-state index in [-0.39, 0.29) is 0 Å². The van der Waals surface area contributed by atoms with Gasteiger partial charge in [-0.25, -0.2) is 0 Å². The summed E-state index contributed by atoms with van der Waals surface area (Å²) in [5, 5.41) is 0. The van der Waals surface area contributed by atoms with Crippen LogP contribution in [0.5, 0.6) is 0 Å². The van der Waals surface area contributed by atoms with Gasteiger partial charge in [-0.05, 0) is 6.92 Å². The summed E-state index contributed by atoms with van der Waals surface area (Å²) in [5.74, 6) is 3.14. The highest BCUT2D eigenvalue weighted by atomic mass is 32.2. The van der Waals surface area contributed by atoms with E-state index < -0.39 is 0 Å². The SMILES string of the molecule is C=C(C)CS[CH]C. The van der Waals surface area contributed by atoms with Crippen molar-refractivity contribution < 1.29 is 0 Å². The average Bonchev–Trinajstić information content (AvgIpc) is 1.61. The Labute approximate surface area is 50.0 Å². The third-order valence-corrected chi connectivity index (χ3v) is 1.49. The lowest BCUT2D eigenvalue weighted by Gasteiger charge is -1.91. The molecule has 1 radical (unpaired) electrons. The molecular formula is C6H11S. The van der Waals surface area contributed by atoms with Crippen molar-refractivity contribution in [2.75, 3.05) is 5.75 Å². The largest absolute Gasteiger partial charge is 0.153 e. The molecule has 0 aromatic heterocycles. The minimum Gasteiger partial charge on any atom is -0.153 e. The average molecular weight is 115 g/mol. The fourth-order valence-corrected chi connectivity index (χ4v) is 0.677. The van der Waals surface area contributed by atoms with Crippen molar-refractivity contribution in [3.05, 3.63) is 17.9 Å². The van der Waals surface area contributed by atoms with Crippen molar-refractivity contribution in [2.45, 2.75) is 13.8 Å². The van der Waals surface area contributed by atoms with Crippen LogP contribution in [0.1, 0.15) is 13.8 Å². The highest BCUT2D eigenvalue weighted by molar-refractivity contribution is 8.01. The van der Waals surface area contributed by atoms with Gasteiger partial charge in [0.1, 0.15) is 0 Å². The summed E-state index contributed by atoms with van der Waals surface area (Å²) < 4.78 is 0. The van der Waals surface area contributed by atoms with Gasteiger partial charge in [-0.1, -0.05) is 19.1 Å². The number of hydrogen-bond donors (Lipinski definition) is 0. The zero-order valence-corrected chi connectivity index (χ0v) is 5.72. The third-order valence-electron chi connectivity index (χ3n) is 0.496. The maximum absolute atomic E-state index is 3.75. The van der Waals surface area contributed by atoms with Gasteiger partial charge < -0.3 is 0 Å². The van der Waals surface area contributed by atoms with Crippen molar-refractivity contribution in [3.8, 4) is 0 Å². The molecule has 0 amide bonds. The lowest BCUT2D eigenvalue weighted by atomic mass is 10.4. The summed E-state index contributed by atoms with van der Waals surface area (Å²) in [6, 6.07) is 0. The molecule has 0 nitrogen and oxygen atoms in total. The second-order valence-electron chi connectivity index (χ2n) is 1.50. The Morgan fingerprint density at radius 2 is 2.43 bits per heavy atom. The van der Waals surface area contributed by atoms with Crippen molar-refractivity contribution in [2.24, 2.45) is 0 Å². The molecule has 0 aromatic rings. The molecule has 0 spiro atoms. The van der Waals surface area contributed by atoms with Gasteiger partial charge >= 0.3 is 0 Å². The fourth-order valence-electron chi connectivity index (χ4n) is 0.226. The maximum Gasteiger partial charge on any atom is 0.0140 e. The predicted molar refractivity (Wildman–Crippen MR) is 37.2 cm³/mol. The molecule has 1 heteroatoms. The molecule has 0 aliphatic heterocycles. The highest BCUT2D eigenvalue weighted by Gasteiger charge is 1.81. The van der Waals surface area contributed by atoms with Crippen LogP contribution < -0.4 is 0 Å². The number of rotatable bonds is 3. The Balaban J connectivity index is 2.82. The van der Waals surface area contributed by atoms with E-state index in [2.05, 4.69) is 12.3 Å². The Kier molecular flexibility index (Phi) is 4.31. The van der Waals surface area contributed by atoms with E-state index >= 15 is 0 Å². The molecule has 0 saturated carbocycles. The Morgan fingerprint density at radius 3 is 2.57 bits per heavy atom. The second kappa shape index (κ2) is 4.25. The van der Waals surface area contributed by atoms with E-state index in [0.29, 0.717) is 0 Å². The number of thioether (sulfide) groups is 1. The summed E-state index contributed by atoms with van der Waals surface area (Å²) in [5.41, 5.74) is 1.24. The zero-order chi connectivity index (χ0) is 5.70. The molecular weight excluding hydrogens is 104 g/mol. The third kappa shape index (κ3) is 6.09. The predicted octanol–water partition coefficient (Wildman–Crippen LogP) is 2.48. The normalized spacial score (nSPS) is 8.86. The van der Waals surface area contributed by atoms with Gasteiger partial charge in [-0.2, -0.15) is 11.8 Å². The molecule has 0 heterocycles. The number of hydrogen-bond acceptors (Lipinski definition) is 1.